The number of hydrogen-bond acceptors (Lipinski definition) is 5. The molecule has 0 unspecified atom stereocenters. The fourth-order valence-electron chi connectivity index (χ4n) is 2.75. The number of likely N-dealkylation sites (tertiary alicyclic amines) is 1. The van der Waals surface area contributed by atoms with Gasteiger partial charge in [-0.1, -0.05) is 19.0 Å². The molecule has 0 N–H and O–H groups in total. The van der Waals surface area contributed by atoms with E-state index in [0.717, 1.165) is 31.5 Å². The van der Waals surface area contributed by atoms with Crippen LogP contribution in [0.15, 0.2) is 23.2 Å². The van der Waals surface area contributed by atoms with Crippen molar-refractivity contribution in [3.63, 3.8) is 0 Å². The number of nitrogens with zero attached hydrogens (tertiary/aromatic N) is 5. The van der Waals surface area contributed by atoms with Crippen LogP contribution in [-0.2, 0) is 0 Å². The van der Waals surface area contributed by atoms with Crippen molar-refractivity contribution >= 4 is 5.91 Å². The molecule has 1 aliphatic rings. The number of piperidine rings is 1. The lowest BCUT2D eigenvalue weighted by Crippen LogP contribution is -2.40. The third-order valence-corrected chi connectivity index (χ3v) is 4.35. The van der Waals surface area contributed by atoms with Gasteiger partial charge in [-0.2, -0.15) is 5.10 Å². The molecular weight excluding hydrogens is 282 g/mol. The van der Waals surface area contributed by atoms with Crippen molar-refractivity contribution in [1.82, 2.24) is 24.8 Å². The highest BCUT2D eigenvalue weighted by Crippen LogP contribution is 2.23. The summed E-state index contributed by atoms with van der Waals surface area (Å²) in [6.45, 7) is 5.53. The molecule has 0 aromatic carbocycles. The Labute approximate surface area is 129 Å². The van der Waals surface area contributed by atoms with Crippen molar-refractivity contribution in [2.45, 2.75) is 45.1 Å². The van der Waals surface area contributed by atoms with Gasteiger partial charge in [-0.3, -0.25) is 4.79 Å². The van der Waals surface area contributed by atoms with E-state index in [4.69, 9.17) is 4.52 Å². The lowest BCUT2D eigenvalue weighted by atomic mass is 10.0. The Morgan fingerprint density at radius 1 is 1.55 bits per heavy atom. The molecule has 7 heteroatoms. The average molecular weight is 303 g/mol. The largest absolute Gasteiger partial charge is 0.351 e. The maximum absolute atomic E-state index is 12.6. The van der Waals surface area contributed by atoms with Crippen LogP contribution in [0.4, 0.5) is 0 Å². The van der Waals surface area contributed by atoms with Gasteiger partial charge in [-0.15, -0.1) is 0 Å². The summed E-state index contributed by atoms with van der Waals surface area (Å²) in [5.74, 6) is 0.538. The first kappa shape index (κ1) is 14.7. The lowest BCUT2D eigenvalue weighted by molar-refractivity contribution is 0.0631. The number of amides is 1. The average Bonchev–Trinajstić information content (AvgIpc) is 3.25. The fraction of sp³-hybridized carbons (Fsp3) is 0.600. The van der Waals surface area contributed by atoms with E-state index in [-0.39, 0.29) is 11.9 Å². The summed E-state index contributed by atoms with van der Waals surface area (Å²) in [6.07, 6.45) is 6.15. The van der Waals surface area contributed by atoms with Gasteiger partial charge in [0.15, 0.2) is 0 Å². The fourth-order valence-corrected chi connectivity index (χ4v) is 2.75. The standard InChI is InChI=1S/C15H21N5O2/c1-3-11(2)13-7-14(22-18-13)15(21)19-6-4-5-12(8-19)20-10-16-9-17-20/h7,9-12H,3-6,8H2,1-2H3/t11-,12+/m1/s1. The second-order valence-corrected chi connectivity index (χ2v) is 5.85. The first-order valence-electron chi connectivity index (χ1n) is 7.79. The predicted molar refractivity (Wildman–Crippen MR) is 79.4 cm³/mol. The van der Waals surface area contributed by atoms with Crippen molar-refractivity contribution in [3.05, 3.63) is 30.2 Å². The summed E-state index contributed by atoms with van der Waals surface area (Å²) in [6, 6.07) is 1.95. The van der Waals surface area contributed by atoms with Crippen LogP contribution in [0, 0.1) is 0 Å². The number of rotatable bonds is 4. The van der Waals surface area contributed by atoms with E-state index in [1.54, 1.807) is 12.4 Å². The zero-order valence-electron chi connectivity index (χ0n) is 13.0. The van der Waals surface area contributed by atoms with Gasteiger partial charge in [-0.25, -0.2) is 9.67 Å². The molecule has 1 amide bonds. The van der Waals surface area contributed by atoms with Crippen LogP contribution in [0.5, 0.6) is 0 Å². The van der Waals surface area contributed by atoms with Gasteiger partial charge in [0.05, 0.1) is 11.7 Å². The van der Waals surface area contributed by atoms with E-state index in [1.807, 2.05) is 9.58 Å². The van der Waals surface area contributed by atoms with E-state index >= 15 is 0 Å². The van der Waals surface area contributed by atoms with Crippen molar-refractivity contribution in [2.75, 3.05) is 13.1 Å². The Bertz CT molecular complexity index is 622. The molecule has 22 heavy (non-hydrogen) atoms. The van der Waals surface area contributed by atoms with Crippen LogP contribution >= 0.6 is 0 Å². The molecule has 7 nitrogen and oxygen atoms in total. The third-order valence-electron chi connectivity index (χ3n) is 4.35. The zero-order chi connectivity index (χ0) is 15.5. The Morgan fingerprint density at radius 2 is 2.41 bits per heavy atom. The highest BCUT2D eigenvalue weighted by atomic mass is 16.5. The summed E-state index contributed by atoms with van der Waals surface area (Å²) in [4.78, 5) is 18.4. The molecule has 1 fully saturated rings. The monoisotopic (exact) mass is 303 g/mol. The van der Waals surface area contributed by atoms with Gasteiger partial charge in [0, 0.05) is 25.1 Å². The smallest absolute Gasteiger partial charge is 0.292 e. The molecule has 0 spiro atoms. The van der Waals surface area contributed by atoms with Gasteiger partial charge >= 0.3 is 0 Å². The van der Waals surface area contributed by atoms with Crippen molar-refractivity contribution in [3.8, 4) is 0 Å². The van der Waals surface area contributed by atoms with E-state index in [2.05, 4.69) is 29.1 Å². The van der Waals surface area contributed by atoms with Crippen molar-refractivity contribution in [2.24, 2.45) is 0 Å². The van der Waals surface area contributed by atoms with E-state index in [1.165, 1.54) is 6.33 Å². The highest BCUT2D eigenvalue weighted by molar-refractivity contribution is 5.91. The van der Waals surface area contributed by atoms with Gasteiger partial charge in [0.25, 0.3) is 5.91 Å². The molecular formula is C15H21N5O2. The first-order chi connectivity index (χ1) is 10.7. The van der Waals surface area contributed by atoms with Gasteiger partial charge < -0.3 is 9.42 Å². The van der Waals surface area contributed by atoms with E-state index in [0.29, 0.717) is 18.2 Å². The molecule has 2 atom stereocenters. The minimum atomic E-state index is -0.0909. The Hall–Kier alpha value is -2.18. The summed E-state index contributed by atoms with van der Waals surface area (Å²) in [5, 5.41) is 8.20. The summed E-state index contributed by atoms with van der Waals surface area (Å²) in [5.41, 5.74) is 0.843. The maximum atomic E-state index is 12.6. The van der Waals surface area contributed by atoms with Crippen LogP contribution < -0.4 is 0 Å². The zero-order valence-corrected chi connectivity index (χ0v) is 13.0. The molecule has 0 saturated carbocycles. The quantitative estimate of drug-likeness (QED) is 0.865. The maximum Gasteiger partial charge on any atom is 0.292 e. The molecule has 0 aliphatic carbocycles. The molecule has 2 aromatic rings. The first-order valence-corrected chi connectivity index (χ1v) is 7.79. The second kappa shape index (κ2) is 6.29. The van der Waals surface area contributed by atoms with Crippen LogP contribution in [0.2, 0.25) is 0 Å². The number of hydrogen-bond donors (Lipinski definition) is 0. The van der Waals surface area contributed by atoms with Crippen LogP contribution in [0.3, 0.4) is 0 Å². The summed E-state index contributed by atoms with van der Waals surface area (Å²) < 4.78 is 7.08. The van der Waals surface area contributed by atoms with Gasteiger partial charge in [0.1, 0.15) is 12.7 Å². The van der Waals surface area contributed by atoms with Crippen LogP contribution in [0.25, 0.3) is 0 Å². The lowest BCUT2D eigenvalue weighted by Gasteiger charge is -2.31. The topological polar surface area (TPSA) is 77.0 Å². The van der Waals surface area contributed by atoms with Gasteiger partial charge in [-0.05, 0) is 19.3 Å². The van der Waals surface area contributed by atoms with Gasteiger partial charge in [0.2, 0.25) is 5.76 Å². The Morgan fingerprint density at radius 3 is 3.14 bits per heavy atom. The summed E-state index contributed by atoms with van der Waals surface area (Å²) in [7, 11) is 0. The van der Waals surface area contributed by atoms with Crippen LogP contribution in [-0.4, -0.2) is 43.8 Å². The molecule has 0 bridgehead atoms. The minimum Gasteiger partial charge on any atom is -0.351 e. The molecule has 118 valence electrons. The highest BCUT2D eigenvalue weighted by Gasteiger charge is 2.28. The molecule has 1 aliphatic heterocycles. The van der Waals surface area contributed by atoms with E-state index < -0.39 is 0 Å². The SMILES string of the molecule is CC[C@@H](C)c1cc(C(=O)N2CCC[C@H](n3cncn3)C2)on1. The number of carbonyl (C=O) groups excluding carboxylic acids is 1. The normalized spacial score (nSPS) is 20.1. The van der Waals surface area contributed by atoms with Crippen LogP contribution in [0.1, 0.15) is 61.3 Å². The summed E-state index contributed by atoms with van der Waals surface area (Å²) >= 11 is 0. The molecule has 1 saturated heterocycles. The van der Waals surface area contributed by atoms with Crippen molar-refractivity contribution in [1.29, 1.82) is 0 Å². The Kier molecular flexibility index (Phi) is 4.22. The molecule has 2 aromatic heterocycles. The molecule has 3 heterocycles. The minimum absolute atomic E-state index is 0.0909. The molecule has 3 rings (SSSR count). The number of aromatic nitrogens is 4. The second-order valence-electron chi connectivity index (χ2n) is 5.85. The molecule has 0 radical (unpaired) electrons. The predicted octanol–water partition coefficient (Wildman–Crippen LogP) is 2.26. The van der Waals surface area contributed by atoms with E-state index in [9.17, 15) is 4.79 Å². The Balaban J connectivity index is 1.70. The number of carbonyl (C=O) groups is 1. The van der Waals surface area contributed by atoms with Crippen molar-refractivity contribution < 1.29 is 9.32 Å². The third kappa shape index (κ3) is 2.88.